The van der Waals surface area contributed by atoms with E-state index in [0.29, 0.717) is 17.0 Å². The van der Waals surface area contributed by atoms with Gasteiger partial charge in [0.2, 0.25) is 0 Å². The van der Waals surface area contributed by atoms with Crippen molar-refractivity contribution < 1.29 is 9.59 Å². The number of hydrogen-bond acceptors (Lipinski definition) is 5. The molecule has 8 heteroatoms. The molecule has 0 spiro atoms. The van der Waals surface area contributed by atoms with Gasteiger partial charge in [-0.2, -0.15) is 0 Å². The fraction of sp³-hybridized carbons (Fsp3) is 0.261. The van der Waals surface area contributed by atoms with Crippen molar-refractivity contribution in [3.8, 4) is 11.3 Å². The van der Waals surface area contributed by atoms with Gasteiger partial charge in [0, 0.05) is 42.5 Å². The fourth-order valence-electron chi connectivity index (χ4n) is 3.97. The lowest BCUT2D eigenvalue weighted by Crippen LogP contribution is -2.39. The smallest absolute Gasteiger partial charge is 0.251 e. The zero-order valence-electron chi connectivity index (χ0n) is 17.3. The van der Waals surface area contributed by atoms with E-state index in [1.54, 1.807) is 30.5 Å². The summed E-state index contributed by atoms with van der Waals surface area (Å²) >= 11 is 1.56. The third-order valence-corrected chi connectivity index (χ3v) is 6.88. The van der Waals surface area contributed by atoms with Gasteiger partial charge >= 0.3 is 0 Å². The number of nitrogens with one attached hydrogen (secondary N) is 3. The molecule has 0 unspecified atom stereocenters. The van der Waals surface area contributed by atoms with E-state index < -0.39 is 0 Å². The summed E-state index contributed by atoms with van der Waals surface area (Å²) in [6, 6.07) is 13.4. The third kappa shape index (κ3) is 3.58. The molecule has 0 radical (unpaired) electrons. The SMILES string of the molecule is CNC(=O)c1ccc(-c2cn3c(n2)sc2cc(C(=O)N[C@@H]4CNC[C@H]4C)ccc23)cc1. The number of imidazole rings is 1. The lowest BCUT2D eigenvalue weighted by atomic mass is 10.1. The summed E-state index contributed by atoms with van der Waals surface area (Å²) in [5.41, 5.74) is 4.11. The highest BCUT2D eigenvalue weighted by Gasteiger charge is 2.25. The molecule has 1 aliphatic rings. The van der Waals surface area contributed by atoms with Crippen molar-refractivity contribution in [3.63, 3.8) is 0 Å². The summed E-state index contributed by atoms with van der Waals surface area (Å²) in [7, 11) is 1.62. The Morgan fingerprint density at radius 1 is 1.10 bits per heavy atom. The Kier molecular flexibility index (Phi) is 4.95. The van der Waals surface area contributed by atoms with Gasteiger partial charge in [0.15, 0.2) is 4.96 Å². The normalized spacial score (nSPS) is 18.5. The maximum atomic E-state index is 12.7. The Bertz CT molecular complexity index is 1290. The Labute approximate surface area is 183 Å². The van der Waals surface area contributed by atoms with E-state index in [2.05, 4.69) is 22.9 Å². The van der Waals surface area contributed by atoms with Gasteiger partial charge in [0.05, 0.1) is 15.9 Å². The number of hydrogen-bond donors (Lipinski definition) is 3. The molecule has 1 fully saturated rings. The van der Waals surface area contributed by atoms with Crippen molar-refractivity contribution in [1.29, 1.82) is 0 Å². The minimum atomic E-state index is -0.109. The number of carbonyl (C=O) groups is 2. The standard InChI is InChI=1S/C23H23N5O2S/c1-13-10-25-11-17(13)26-22(30)16-7-8-19-20(9-16)31-23-27-18(12-28(19)23)14-3-5-15(6-4-14)21(29)24-2/h3-9,12-13,17,25H,10-11H2,1-2H3,(H,24,29)(H,26,30)/t13-,17-/m1/s1. The Hall–Kier alpha value is -3.23. The van der Waals surface area contributed by atoms with Crippen LogP contribution in [0.4, 0.5) is 0 Å². The first kappa shape index (κ1) is 19.7. The van der Waals surface area contributed by atoms with Crippen molar-refractivity contribution in [2.45, 2.75) is 13.0 Å². The minimum absolute atomic E-state index is 0.0367. The van der Waals surface area contributed by atoms with Crippen LogP contribution in [0.3, 0.4) is 0 Å². The third-order valence-electron chi connectivity index (χ3n) is 5.86. The van der Waals surface area contributed by atoms with Crippen molar-refractivity contribution in [3.05, 3.63) is 59.8 Å². The van der Waals surface area contributed by atoms with Crippen LogP contribution in [0.5, 0.6) is 0 Å². The van der Waals surface area contributed by atoms with Gasteiger partial charge in [-0.3, -0.25) is 14.0 Å². The molecule has 2 aromatic carbocycles. The Morgan fingerprint density at radius 2 is 1.87 bits per heavy atom. The molecule has 5 rings (SSSR count). The maximum absolute atomic E-state index is 12.7. The predicted molar refractivity (Wildman–Crippen MR) is 123 cm³/mol. The van der Waals surface area contributed by atoms with Crippen LogP contribution in [0, 0.1) is 5.92 Å². The first-order chi connectivity index (χ1) is 15.0. The van der Waals surface area contributed by atoms with Crippen LogP contribution in [0.25, 0.3) is 26.4 Å². The van der Waals surface area contributed by atoms with E-state index in [9.17, 15) is 9.59 Å². The second-order valence-corrected chi connectivity index (χ2v) is 8.94. The second kappa shape index (κ2) is 7.79. The summed E-state index contributed by atoms with van der Waals surface area (Å²) in [6.45, 7) is 3.89. The Morgan fingerprint density at radius 3 is 2.58 bits per heavy atom. The van der Waals surface area contributed by atoms with Gasteiger partial charge in [0.1, 0.15) is 0 Å². The fourth-order valence-corrected chi connectivity index (χ4v) is 5.02. The maximum Gasteiger partial charge on any atom is 0.251 e. The number of fused-ring (bicyclic) bond motifs is 3. The van der Waals surface area contributed by atoms with E-state index in [-0.39, 0.29) is 17.9 Å². The summed E-state index contributed by atoms with van der Waals surface area (Å²) in [5.74, 6) is 0.286. The monoisotopic (exact) mass is 433 g/mol. The molecule has 1 saturated heterocycles. The van der Waals surface area contributed by atoms with Crippen LogP contribution < -0.4 is 16.0 Å². The van der Waals surface area contributed by atoms with Crippen molar-refractivity contribution in [1.82, 2.24) is 25.3 Å². The quantitative estimate of drug-likeness (QED) is 0.462. The lowest BCUT2D eigenvalue weighted by Gasteiger charge is -2.16. The number of carbonyl (C=O) groups excluding carboxylic acids is 2. The van der Waals surface area contributed by atoms with Crippen LogP contribution in [-0.2, 0) is 0 Å². The van der Waals surface area contributed by atoms with Crippen LogP contribution in [-0.4, -0.2) is 47.4 Å². The van der Waals surface area contributed by atoms with Crippen LogP contribution in [0.15, 0.2) is 48.7 Å². The average molecular weight is 434 g/mol. The summed E-state index contributed by atoms with van der Waals surface area (Å²) in [5, 5.41) is 9.07. The number of amides is 2. The average Bonchev–Trinajstić information content (AvgIpc) is 3.47. The van der Waals surface area contributed by atoms with Gasteiger partial charge < -0.3 is 16.0 Å². The second-order valence-electron chi connectivity index (χ2n) is 7.94. The Balaban J connectivity index is 1.41. The molecule has 2 amide bonds. The van der Waals surface area contributed by atoms with Crippen molar-refractivity contribution in [2.24, 2.45) is 5.92 Å². The van der Waals surface area contributed by atoms with Crippen LogP contribution in [0.1, 0.15) is 27.6 Å². The van der Waals surface area contributed by atoms with Crippen LogP contribution in [0.2, 0.25) is 0 Å². The van der Waals surface area contributed by atoms with E-state index >= 15 is 0 Å². The first-order valence-electron chi connectivity index (χ1n) is 10.3. The summed E-state index contributed by atoms with van der Waals surface area (Å²) in [4.78, 5) is 30.1. The molecular formula is C23H23N5O2S. The largest absolute Gasteiger partial charge is 0.355 e. The number of aromatic nitrogens is 2. The van der Waals surface area contributed by atoms with E-state index in [1.807, 2.05) is 40.9 Å². The molecular weight excluding hydrogens is 410 g/mol. The lowest BCUT2D eigenvalue weighted by molar-refractivity contribution is 0.0931. The molecule has 7 nitrogen and oxygen atoms in total. The zero-order valence-corrected chi connectivity index (χ0v) is 18.1. The molecule has 31 heavy (non-hydrogen) atoms. The van der Waals surface area contributed by atoms with E-state index in [1.165, 1.54) is 0 Å². The number of thiazole rings is 1. The van der Waals surface area contributed by atoms with Gasteiger partial charge in [-0.05, 0) is 42.8 Å². The minimum Gasteiger partial charge on any atom is -0.355 e. The summed E-state index contributed by atoms with van der Waals surface area (Å²) < 4.78 is 3.07. The molecule has 0 bridgehead atoms. The molecule has 1 aliphatic heterocycles. The van der Waals surface area contributed by atoms with Gasteiger partial charge in [-0.25, -0.2) is 4.98 Å². The molecule has 2 aromatic heterocycles. The molecule has 3 heterocycles. The van der Waals surface area contributed by atoms with Crippen molar-refractivity contribution in [2.75, 3.05) is 20.1 Å². The summed E-state index contributed by atoms with van der Waals surface area (Å²) in [6.07, 6.45) is 1.99. The topological polar surface area (TPSA) is 87.5 Å². The highest BCUT2D eigenvalue weighted by Crippen LogP contribution is 2.30. The first-order valence-corrected chi connectivity index (χ1v) is 11.1. The number of nitrogens with zero attached hydrogens (tertiary/aromatic N) is 2. The van der Waals surface area contributed by atoms with E-state index in [4.69, 9.17) is 4.98 Å². The highest BCUT2D eigenvalue weighted by molar-refractivity contribution is 7.23. The van der Waals surface area contributed by atoms with Crippen LogP contribution >= 0.6 is 11.3 Å². The molecule has 158 valence electrons. The van der Waals surface area contributed by atoms with Crippen molar-refractivity contribution >= 4 is 38.3 Å². The van der Waals surface area contributed by atoms with Gasteiger partial charge in [-0.1, -0.05) is 30.4 Å². The molecule has 3 N–H and O–H groups in total. The molecule has 4 aromatic rings. The van der Waals surface area contributed by atoms with Gasteiger partial charge in [-0.15, -0.1) is 0 Å². The number of rotatable bonds is 4. The van der Waals surface area contributed by atoms with Gasteiger partial charge in [0.25, 0.3) is 11.8 Å². The highest BCUT2D eigenvalue weighted by atomic mass is 32.1. The molecule has 2 atom stereocenters. The predicted octanol–water partition coefficient (Wildman–Crippen LogP) is 2.91. The van der Waals surface area contributed by atoms with E-state index in [0.717, 1.165) is 39.5 Å². The molecule has 0 aliphatic carbocycles. The zero-order chi connectivity index (χ0) is 21.5. The number of benzene rings is 2. The molecule has 0 saturated carbocycles.